The lowest BCUT2D eigenvalue weighted by Crippen LogP contribution is -2.21. The lowest BCUT2D eigenvalue weighted by Gasteiger charge is -2.19. The van der Waals surface area contributed by atoms with Gasteiger partial charge in [-0.05, 0) is 0 Å². The maximum atomic E-state index is 5.73. The number of imidazole rings is 1. The van der Waals surface area contributed by atoms with Gasteiger partial charge < -0.3 is 19.8 Å². The summed E-state index contributed by atoms with van der Waals surface area (Å²) in [6.07, 6.45) is 0. The van der Waals surface area contributed by atoms with Gasteiger partial charge in [0.1, 0.15) is 5.82 Å². The highest BCUT2D eigenvalue weighted by Crippen LogP contribution is 2.37. The molecule has 1 aliphatic heterocycles. The molecule has 19 heavy (non-hydrogen) atoms. The Bertz CT molecular complexity index is 626. The van der Waals surface area contributed by atoms with E-state index in [0.29, 0.717) is 6.54 Å². The van der Waals surface area contributed by atoms with Gasteiger partial charge in [0, 0.05) is 30.6 Å². The van der Waals surface area contributed by atoms with Gasteiger partial charge in [0.2, 0.25) is 6.79 Å². The van der Waals surface area contributed by atoms with E-state index >= 15 is 0 Å². The molecule has 0 saturated carbocycles. The molecule has 0 fully saturated rings. The Kier molecular flexibility index (Phi) is 2.67. The zero-order valence-corrected chi connectivity index (χ0v) is 11.6. The molecule has 0 amide bonds. The third-order valence-corrected chi connectivity index (χ3v) is 3.27. The van der Waals surface area contributed by atoms with Crippen LogP contribution in [0.3, 0.4) is 0 Å². The summed E-state index contributed by atoms with van der Waals surface area (Å²) in [6, 6.07) is 3.94. The van der Waals surface area contributed by atoms with Gasteiger partial charge in [-0.3, -0.25) is 0 Å². The van der Waals surface area contributed by atoms with Gasteiger partial charge in [-0.2, -0.15) is 0 Å². The number of rotatable bonds is 2. The summed E-state index contributed by atoms with van der Waals surface area (Å²) in [5.41, 5.74) is 7.69. The van der Waals surface area contributed by atoms with Crippen LogP contribution >= 0.6 is 0 Å². The largest absolute Gasteiger partial charge is 0.454 e. The summed E-state index contributed by atoms with van der Waals surface area (Å²) in [6.45, 7) is 8.09. The Hall–Kier alpha value is -1.75. The zero-order chi connectivity index (χ0) is 13.6. The number of ether oxygens (including phenoxy) is 2. The molecular formula is C14H19N3O2. The standard InChI is InChI=1S/C14H19N3O2/c1-14(2,3)13-16-9-6-11-12(19-8-18-11)7-10(9)17(13)5-4-15/h6-7H,4-5,8,15H2,1-3H3. The smallest absolute Gasteiger partial charge is 0.231 e. The minimum atomic E-state index is -0.0274. The number of fused-ring (bicyclic) bond motifs is 2. The van der Waals surface area contributed by atoms with Crippen LogP contribution in [0.15, 0.2) is 12.1 Å². The van der Waals surface area contributed by atoms with E-state index in [-0.39, 0.29) is 12.2 Å². The monoisotopic (exact) mass is 261 g/mol. The molecule has 5 heteroatoms. The third-order valence-electron chi connectivity index (χ3n) is 3.27. The molecule has 1 aromatic heterocycles. The summed E-state index contributed by atoms with van der Waals surface area (Å²) in [5, 5.41) is 0. The van der Waals surface area contributed by atoms with Crippen LogP contribution in [0.4, 0.5) is 0 Å². The summed E-state index contributed by atoms with van der Waals surface area (Å²) < 4.78 is 13.0. The molecule has 0 spiro atoms. The van der Waals surface area contributed by atoms with Crippen molar-refractivity contribution in [3.63, 3.8) is 0 Å². The van der Waals surface area contributed by atoms with Gasteiger partial charge in [0.05, 0.1) is 11.0 Å². The number of hydrogen-bond acceptors (Lipinski definition) is 4. The quantitative estimate of drug-likeness (QED) is 0.898. The Morgan fingerprint density at radius 1 is 1.26 bits per heavy atom. The predicted molar refractivity (Wildman–Crippen MR) is 73.6 cm³/mol. The minimum Gasteiger partial charge on any atom is -0.454 e. The Labute approximate surface area is 112 Å². The zero-order valence-electron chi connectivity index (χ0n) is 11.6. The summed E-state index contributed by atoms with van der Waals surface area (Å²) in [4.78, 5) is 4.75. The first-order chi connectivity index (χ1) is 9.00. The van der Waals surface area contributed by atoms with Crippen LogP contribution in [-0.4, -0.2) is 22.9 Å². The number of nitrogens with zero attached hydrogens (tertiary/aromatic N) is 2. The first-order valence-corrected chi connectivity index (χ1v) is 6.51. The van der Waals surface area contributed by atoms with Gasteiger partial charge in [-0.25, -0.2) is 4.98 Å². The van der Waals surface area contributed by atoms with E-state index < -0.39 is 0 Å². The topological polar surface area (TPSA) is 62.3 Å². The van der Waals surface area contributed by atoms with Crippen molar-refractivity contribution in [3.8, 4) is 11.5 Å². The molecule has 2 aromatic rings. The maximum absolute atomic E-state index is 5.73. The highest BCUT2D eigenvalue weighted by atomic mass is 16.7. The van der Waals surface area contributed by atoms with Gasteiger partial charge in [0.25, 0.3) is 0 Å². The van der Waals surface area contributed by atoms with E-state index in [1.54, 1.807) is 0 Å². The van der Waals surface area contributed by atoms with Crippen LogP contribution < -0.4 is 15.2 Å². The third kappa shape index (κ3) is 1.94. The molecule has 0 atom stereocenters. The van der Waals surface area contributed by atoms with Crippen molar-refractivity contribution in [3.05, 3.63) is 18.0 Å². The van der Waals surface area contributed by atoms with Crippen molar-refractivity contribution in [1.29, 1.82) is 0 Å². The summed E-state index contributed by atoms with van der Waals surface area (Å²) in [5.74, 6) is 2.59. The highest BCUT2D eigenvalue weighted by molar-refractivity contribution is 5.81. The molecule has 102 valence electrons. The van der Waals surface area contributed by atoms with Crippen LogP contribution in [0.2, 0.25) is 0 Å². The number of aromatic nitrogens is 2. The summed E-state index contributed by atoms with van der Waals surface area (Å²) in [7, 11) is 0. The fraction of sp³-hybridized carbons (Fsp3) is 0.500. The first-order valence-electron chi connectivity index (χ1n) is 6.51. The van der Waals surface area contributed by atoms with Crippen molar-refractivity contribution in [2.75, 3.05) is 13.3 Å². The summed E-state index contributed by atoms with van der Waals surface area (Å²) >= 11 is 0. The number of hydrogen-bond donors (Lipinski definition) is 1. The van der Waals surface area contributed by atoms with Gasteiger partial charge >= 0.3 is 0 Å². The molecule has 0 aliphatic carbocycles. The SMILES string of the molecule is CC(C)(C)c1nc2cc3c(cc2n1CCN)OCO3. The van der Waals surface area contributed by atoms with Crippen molar-refractivity contribution < 1.29 is 9.47 Å². The predicted octanol–water partition coefficient (Wildman–Crippen LogP) is 2.02. The van der Waals surface area contributed by atoms with Crippen molar-refractivity contribution >= 4 is 11.0 Å². The van der Waals surface area contributed by atoms with E-state index in [1.807, 2.05) is 12.1 Å². The van der Waals surface area contributed by atoms with Crippen molar-refractivity contribution in [1.82, 2.24) is 9.55 Å². The second-order valence-electron chi connectivity index (χ2n) is 5.82. The minimum absolute atomic E-state index is 0.0274. The second kappa shape index (κ2) is 4.13. The van der Waals surface area contributed by atoms with Crippen LogP contribution in [0.1, 0.15) is 26.6 Å². The number of nitrogens with two attached hydrogens (primary N) is 1. The molecule has 0 saturated heterocycles. The molecule has 0 unspecified atom stereocenters. The second-order valence-corrected chi connectivity index (χ2v) is 5.82. The Morgan fingerprint density at radius 2 is 1.95 bits per heavy atom. The van der Waals surface area contributed by atoms with E-state index in [1.165, 1.54) is 0 Å². The molecule has 1 aromatic carbocycles. The van der Waals surface area contributed by atoms with E-state index in [9.17, 15) is 0 Å². The maximum Gasteiger partial charge on any atom is 0.231 e. The van der Waals surface area contributed by atoms with E-state index in [0.717, 1.165) is 34.9 Å². The van der Waals surface area contributed by atoms with Gasteiger partial charge in [-0.15, -0.1) is 0 Å². The molecule has 2 heterocycles. The average Bonchev–Trinajstić information content (AvgIpc) is 2.90. The molecule has 2 N–H and O–H groups in total. The first kappa shape index (κ1) is 12.3. The molecule has 0 radical (unpaired) electrons. The van der Waals surface area contributed by atoms with Crippen LogP contribution in [0.5, 0.6) is 11.5 Å². The Morgan fingerprint density at radius 3 is 2.58 bits per heavy atom. The van der Waals surface area contributed by atoms with Gasteiger partial charge in [-0.1, -0.05) is 20.8 Å². The fourth-order valence-corrected chi connectivity index (χ4v) is 2.44. The normalized spacial score (nSPS) is 14.3. The van der Waals surface area contributed by atoms with Crippen molar-refractivity contribution in [2.24, 2.45) is 5.73 Å². The van der Waals surface area contributed by atoms with Gasteiger partial charge in [0.15, 0.2) is 11.5 Å². The molecule has 3 rings (SSSR count). The average molecular weight is 261 g/mol. The highest BCUT2D eigenvalue weighted by Gasteiger charge is 2.25. The van der Waals surface area contributed by atoms with E-state index in [4.69, 9.17) is 20.2 Å². The lowest BCUT2D eigenvalue weighted by molar-refractivity contribution is 0.174. The fourth-order valence-electron chi connectivity index (χ4n) is 2.44. The lowest BCUT2D eigenvalue weighted by atomic mass is 9.95. The van der Waals surface area contributed by atoms with Crippen LogP contribution in [-0.2, 0) is 12.0 Å². The Balaban J connectivity index is 2.25. The molecule has 1 aliphatic rings. The van der Waals surface area contributed by atoms with Crippen LogP contribution in [0, 0.1) is 0 Å². The van der Waals surface area contributed by atoms with Crippen LogP contribution in [0.25, 0.3) is 11.0 Å². The molecule has 0 bridgehead atoms. The molecular weight excluding hydrogens is 242 g/mol. The number of benzene rings is 1. The van der Waals surface area contributed by atoms with E-state index in [2.05, 4.69) is 25.3 Å². The molecule has 5 nitrogen and oxygen atoms in total. The van der Waals surface area contributed by atoms with Crippen molar-refractivity contribution in [2.45, 2.75) is 32.7 Å².